The quantitative estimate of drug-likeness (QED) is 0.616. The summed E-state index contributed by atoms with van der Waals surface area (Å²) in [5.74, 6) is -0.166. The molecule has 0 heterocycles. The molecular weight excluding hydrogens is 304 g/mol. The Morgan fingerprint density at radius 1 is 1.00 bits per heavy atom. The molecule has 134 valence electrons. The summed E-state index contributed by atoms with van der Waals surface area (Å²) < 4.78 is 4.95. The van der Waals surface area contributed by atoms with Crippen LogP contribution in [0.1, 0.15) is 30.9 Å². The Balaban J connectivity index is 2.54. The summed E-state index contributed by atoms with van der Waals surface area (Å²) in [6.07, 6.45) is 1.42. The van der Waals surface area contributed by atoms with Gasteiger partial charge in [-0.3, -0.25) is 9.59 Å². The molecule has 0 aliphatic rings. The van der Waals surface area contributed by atoms with Crippen LogP contribution in [0.5, 0.6) is 0 Å². The Bertz CT molecular complexity index is 512. The summed E-state index contributed by atoms with van der Waals surface area (Å²) in [4.78, 5) is 27.9. The molecule has 0 aliphatic heterocycles. The molecule has 1 aromatic carbocycles. The van der Waals surface area contributed by atoms with Gasteiger partial charge in [0.2, 0.25) is 5.91 Å². The van der Waals surface area contributed by atoms with Crippen LogP contribution in [0, 0.1) is 6.92 Å². The highest BCUT2D eigenvalue weighted by Crippen LogP contribution is 2.08. The third-order valence-corrected chi connectivity index (χ3v) is 3.81. The van der Waals surface area contributed by atoms with Gasteiger partial charge in [0.1, 0.15) is 0 Å². The Kier molecular flexibility index (Phi) is 9.08. The molecule has 5 heteroatoms. The van der Waals surface area contributed by atoms with Crippen molar-refractivity contribution in [1.82, 2.24) is 9.80 Å². The maximum absolute atomic E-state index is 12.5. The standard InChI is InChI=1S/C19H30N2O3/c1-5-24-19(23)12-13-21(15-14-20(3)4)18(22)11-10-17-8-6-16(2)7-9-17/h6-9H,5,10-15H2,1-4H3. The van der Waals surface area contributed by atoms with Crippen LogP contribution in [0.3, 0.4) is 0 Å². The number of aryl methyl sites for hydroxylation is 2. The normalized spacial score (nSPS) is 10.7. The first-order chi connectivity index (χ1) is 11.4. The van der Waals surface area contributed by atoms with Gasteiger partial charge in [-0.25, -0.2) is 0 Å². The average molecular weight is 334 g/mol. The number of amides is 1. The van der Waals surface area contributed by atoms with E-state index in [0.717, 1.165) is 18.5 Å². The summed E-state index contributed by atoms with van der Waals surface area (Å²) in [5, 5.41) is 0. The zero-order chi connectivity index (χ0) is 17.9. The molecule has 1 rings (SSSR count). The second-order valence-corrected chi connectivity index (χ2v) is 6.22. The molecule has 0 fully saturated rings. The third-order valence-electron chi connectivity index (χ3n) is 3.81. The largest absolute Gasteiger partial charge is 0.466 e. The molecule has 0 unspecified atom stereocenters. The summed E-state index contributed by atoms with van der Waals surface area (Å²) in [5.41, 5.74) is 2.37. The second-order valence-electron chi connectivity index (χ2n) is 6.22. The molecule has 0 bridgehead atoms. The van der Waals surface area contributed by atoms with Crippen molar-refractivity contribution in [2.24, 2.45) is 0 Å². The van der Waals surface area contributed by atoms with Crippen LogP contribution in [0.2, 0.25) is 0 Å². The molecule has 0 aromatic heterocycles. The van der Waals surface area contributed by atoms with Crippen LogP contribution >= 0.6 is 0 Å². The van der Waals surface area contributed by atoms with Crippen LogP contribution in [-0.2, 0) is 20.7 Å². The topological polar surface area (TPSA) is 49.9 Å². The van der Waals surface area contributed by atoms with E-state index in [-0.39, 0.29) is 18.3 Å². The van der Waals surface area contributed by atoms with Crippen molar-refractivity contribution in [2.45, 2.75) is 33.1 Å². The fraction of sp³-hybridized carbons (Fsp3) is 0.579. The van der Waals surface area contributed by atoms with Gasteiger partial charge in [0.05, 0.1) is 13.0 Å². The number of carbonyl (C=O) groups excluding carboxylic acids is 2. The van der Waals surface area contributed by atoms with E-state index in [1.54, 1.807) is 11.8 Å². The zero-order valence-electron chi connectivity index (χ0n) is 15.4. The van der Waals surface area contributed by atoms with Gasteiger partial charge in [-0.2, -0.15) is 0 Å². The van der Waals surface area contributed by atoms with Crippen LogP contribution < -0.4 is 0 Å². The van der Waals surface area contributed by atoms with E-state index < -0.39 is 0 Å². The molecule has 1 aromatic rings. The van der Waals surface area contributed by atoms with Crippen molar-refractivity contribution >= 4 is 11.9 Å². The predicted molar refractivity (Wildman–Crippen MR) is 95.9 cm³/mol. The number of likely N-dealkylation sites (N-methyl/N-ethyl adjacent to an activating group) is 1. The minimum Gasteiger partial charge on any atom is -0.466 e. The zero-order valence-corrected chi connectivity index (χ0v) is 15.4. The van der Waals surface area contributed by atoms with Gasteiger partial charge in [-0.15, -0.1) is 0 Å². The molecule has 0 aliphatic carbocycles. The highest BCUT2D eigenvalue weighted by atomic mass is 16.5. The fourth-order valence-corrected chi connectivity index (χ4v) is 2.31. The fourth-order valence-electron chi connectivity index (χ4n) is 2.31. The molecule has 0 radical (unpaired) electrons. The number of esters is 1. The Hall–Kier alpha value is -1.88. The second kappa shape index (κ2) is 10.8. The summed E-state index contributed by atoms with van der Waals surface area (Å²) in [6, 6.07) is 8.24. The third kappa shape index (κ3) is 8.11. The molecule has 0 spiro atoms. The highest BCUT2D eigenvalue weighted by Gasteiger charge is 2.15. The lowest BCUT2D eigenvalue weighted by molar-refractivity contribution is -0.144. The van der Waals surface area contributed by atoms with Crippen LogP contribution in [0.15, 0.2) is 24.3 Å². The minimum atomic E-state index is -0.251. The van der Waals surface area contributed by atoms with Gasteiger partial charge in [-0.1, -0.05) is 29.8 Å². The maximum atomic E-state index is 12.5. The molecule has 0 saturated heterocycles. The van der Waals surface area contributed by atoms with E-state index in [1.807, 2.05) is 25.9 Å². The van der Waals surface area contributed by atoms with Gasteiger partial charge in [-0.05, 0) is 39.9 Å². The molecule has 0 atom stereocenters. The molecule has 5 nitrogen and oxygen atoms in total. The Labute approximate surface area is 145 Å². The first-order valence-electron chi connectivity index (χ1n) is 8.56. The summed E-state index contributed by atoms with van der Waals surface area (Å²) in [6.45, 7) is 6.03. The number of ether oxygens (including phenoxy) is 1. The average Bonchev–Trinajstić information content (AvgIpc) is 2.54. The van der Waals surface area contributed by atoms with Crippen molar-refractivity contribution in [1.29, 1.82) is 0 Å². The monoisotopic (exact) mass is 334 g/mol. The van der Waals surface area contributed by atoms with Gasteiger partial charge >= 0.3 is 5.97 Å². The van der Waals surface area contributed by atoms with Crippen molar-refractivity contribution in [3.63, 3.8) is 0 Å². The van der Waals surface area contributed by atoms with E-state index in [4.69, 9.17) is 4.74 Å². The number of hydrogen-bond donors (Lipinski definition) is 0. The Morgan fingerprint density at radius 3 is 2.25 bits per heavy atom. The van der Waals surface area contributed by atoms with E-state index in [2.05, 4.69) is 24.3 Å². The molecule has 1 amide bonds. The SMILES string of the molecule is CCOC(=O)CCN(CCN(C)C)C(=O)CCc1ccc(C)cc1. The first kappa shape index (κ1) is 20.2. The molecule has 0 N–H and O–H groups in total. The lowest BCUT2D eigenvalue weighted by Crippen LogP contribution is -2.38. The maximum Gasteiger partial charge on any atom is 0.307 e. The lowest BCUT2D eigenvalue weighted by atomic mass is 10.1. The van der Waals surface area contributed by atoms with Gasteiger partial charge in [0.25, 0.3) is 0 Å². The number of carbonyl (C=O) groups is 2. The Morgan fingerprint density at radius 2 is 1.67 bits per heavy atom. The van der Waals surface area contributed by atoms with E-state index in [9.17, 15) is 9.59 Å². The molecule has 0 saturated carbocycles. The summed E-state index contributed by atoms with van der Waals surface area (Å²) in [7, 11) is 3.95. The number of benzene rings is 1. The van der Waals surface area contributed by atoms with E-state index in [1.165, 1.54) is 5.56 Å². The number of rotatable bonds is 10. The predicted octanol–water partition coefficient (Wildman–Crippen LogP) is 2.27. The van der Waals surface area contributed by atoms with E-state index >= 15 is 0 Å². The van der Waals surface area contributed by atoms with Crippen LogP contribution in [-0.4, -0.2) is 62.0 Å². The van der Waals surface area contributed by atoms with Crippen molar-refractivity contribution < 1.29 is 14.3 Å². The van der Waals surface area contributed by atoms with Crippen molar-refractivity contribution in [3.8, 4) is 0 Å². The number of nitrogens with zero attached hydrogens (tertiary/aromatic N) is 2. The van der Waals surface area contributed by atoms with Gasteiger partial charge in [0.15, 0.2) is 0 Å². The van der Waals surface area contributed by atoms with Crippen molar-refractivity contribution in [3.05, 3.63) is 35.4 Å². The summed E-state index contributed by atoms with van der Waals surface area (Å²) >= 11 is 0. The van der Waals surface area contributed by atoms with Crippen LogP contribution in [0.4, 0.5) is 0 Å². The highest BCUT2D eigenvalue weighted by molar-refractivity contribution is 5.77. The smallest absolute Gasteiger partial charge is 0.307 e. The van der Waals surface area contributed by atoms with Crippen LogP contribution in [0.25, 0.3) is 0 Å². The molecular formula is C19H30N2O3. The van der Waals surface area contributed by atoms with Crippen molar-refractivity contribution in [2.75, 3.05) is 40.3 Å². The first-order valence-corrected chi connectivity index (χ1v) is 8.56. The lowest BCUT2D eigenvalue weighted by Gasteiger charge is -2.24. The van der Waals surface area contributed by atoms with Gasteiger partial charge < -0.3 is 14.5 Å². The minimum absolute atomic E-state index is 0.0849. The molecule has 24 heavy (non-hydrogen) atoms. The van der Waals surface area contributed by atoms with Gasteiger partial charge in [0, 0.05) is 26.1 Å². The van der Waals surface area contributed by atoms with E-state index in [0.29, 0.717) is 26.1 Å². The number of hydrogen-bond acceptors (Lipinski definition) is 4.